The first-order valence-electron chi connectivity index (χ1n) is 13.8. The van der Waals surface area contributed by atoms with E-state index in [4.69, 9.17) is 33.1 Å². The van der Waals surface area contributed by atoms with E-state index in [0.717, 1.165) is 5.56 Å². The molecule has 2 amide bonds. The lowest BCUT2D eigenvalue weighted by molar-refractivity contribution is -0.752. The maximum Gasteiger partial charge on any atom is 0.289 e. The number of nitrogens with one attached hydrogen (secondary N) is 1. The van der Waals surface area contributed by atoms with Crippen LogP contribution in [0.1, 0.15) is 24.6 Å². The second-order valence-corrected chi connectivity index (χ2v) is 12.5. The van der Waals surface area contributed by atoms with Crippen LogP contribution in [0, 0.1) is 6.92 Å². The van der Waals surface area contributed by atoms with E-state index < -0.39 is 27.9 Å². The third-order valence-corrected chi connectivity index (χ3v) is 8.90. The largest absolute Gasteiger partial charge is 0.494 e. The second kappa shape index (κ2) is 13.2. The van der Waals surface area contributed by atoms with Crippen LogP contribution in [0.4, 0.5) is 11.4 Å². The summed E-state index contributed by atoms with van der Waals surface area (Å²) in [7, 11) is -2.62. The minimum absolute atomic E-state index is 0.0246. The maximum atomic E-state index is 13.9. The Hall–Kier alpha value is -4.53. The Morgan fingerprint density at radius 1 is 1.11 bits per heavy atom. The molecule has 15 heteroatoms. The minimum Gasteiger partial charge on any atom is -0.494 e. The number of hydrogen-bond acceptors (Lipinski definition) is 7. The van der Waals surface area contributed by atoms with Gasteiger partial charge in [-0.2, -0.15) is 8.42 Å². The van der Waals surface area contributed by atoms with E-state index in [9.17, 15) is 18.0 Å². The minimum atomic E-state index is -4.17. The lowest BCUT2D eigenvalue weighted by Gasteiger charge is -2.22. The zero-order valence-electron chi connectivity index (χ0n) is 24.5. The Bertz CT molecular complexity index is 1910. The third kappa shape index (κ3) is 7.08. The van der Waals surface area contributed by atoms with Crippen LogP contribution >= 0.6 is 23.8 Å². The normalized spacial score (nSPS) is 15.6. The number of aromatic nitrogens is 2. The first-order chi connectivity index (χ1) is 21.5. The molecule has 0 aliphatic carbocycles. The van der Waals surface area contributed by atoms with Crippen molar-refractivity contribution in [2.75, 3.05) is 16.8 Å². The van der Waals surface area contributed by atoms with Gasteiger partial charge in [-0.3, -0.25) is 19.8 Å². The molecule has 1 saturated heterocycles. The van der Waals surface area contributed by atoms with Crippen LogP contribution in [0.25, 0.3) is 0 Å². The van der Waals surface area contributed by atoms with Gasteiger partial charge in [0.05, 0.1) is 23.6 Å². The summed E-state index contributed by atoms with van der Waals surface area (Å²) in [6, 6.07) is 18.5. The number of nitrogens with zero attached hydrogens (tertiary/aromatic N) is 5. The molecule has 45 heavy (non-hydrogen) atoms. The molecule has 1 aliphatic heterocycles. The summed E-state index contributed by atoms with van der Waals surface area (Å²) in [6.45, 7) is 4.04. The smallest absolute Gasteiger partial charge is 0.289 e. The predicted molar refractivity (Wildman–Crippen MR) is 169 cm³/mol. The maximum absolute atomic E-state index is 13.9. The van der Waals surface area contributed by atoms with Gasteiger partial charge in [-0.05, 0) is 86.7 Å². The number of halogens is 1. The van der Waals surface area contributed by atoms with E-state index in [1.54, 1.807) is 67.7 Å². The van der Waals surface area contributed by atoms with Crippen LogP contribution in [0.15, 0.2) is 86.6 Å². The highest BCUT2D eigenvalue weighted by Crippen LogP contribution is 2.30. The lowest BCUT2D eigenvalue weighted by atomic mass is 10.1. The average molecular weight is 669 g/mol. The van der Waals surface area contributed by atoms with Crippen molar-refractivity contribution in [2.45, 2.75) is 37.8 Å². The molecular formula is C30H29ClN6O6S2. The van der Waals surface area contributed by atoms with Gasteiger partial charge in [0.1, 0.15) is 25.4 Å². The number of amides is 2. The molecule has 1 unspecified atom stereocenters. The van der Waals surface area contributed by atoms with Crippen molar-refractivity contribution < 1.29 is 31.9 Å². The molecule has 1 aliphatic rings. The molecule has 1 N–H and O–H groups in total. The second-order valence-electron chi connectivity index (χ2n) is 10.1. The van der Waals surface area contributed by atoms with Crippen LogP contribution in [0.2, 0.25) is 5.02 Å². The van der Waals surface area contributed by atoms with Gasteiger partial charge in [0.2, 0.25) is 5.91 Å². The number of carbonyl (C=O) groups is 2. The lowest BCUT2D eigenvalue weighted by Crippen LogP contribution is -2.45. The standard InChI is InChI=1S/C30H29ClN6O6S2/c1-4-42-23-13-11-22(12-14-23)37-29(39)25(17-27(38)32-21-9-7-20(31)8-10-21)36(30(37)44)18-26-28(43-34-35(26)3)33-45(40,41)24-15-5-19(2)6-16-24/h5-16,25H,4,17-18H2,1-3H3,(H,32,38)/b33-28-. The highest BCUT2D eigenvalue weighted by Gasteiger charge is 2.45. The zero-order chi connectivity index (χ0) is 32.3. The zero-order valence-corrected chi connectivity index (χ0v) is 26.9. The van der Waals surface area contributed by atoms with E-state index >= 15 is 0 Å². The van der Waals surface area contributed by atoms with Gasteiger partial charge in [-0.25, -0.2) is 4.68 Å². The molecule has 4 aromatic rings. The van der Waals surface area contributed by atoms with Gasteiger partial charge in [0, 0.05) is 10.7 Å². The quantitative estimate of drug-likeness (QED) is 0.199. The van der Waals surface area contributed by atoms with E-state index in [0.29, 0.717) is 28.8 Å². The fourth-order valence-electron chi connectivity index (χ4n) is 4.64. The van der Waals surface area contributed by atoms with E-state index in [2.05, 4.69) is 15.0 Å². The molecule has 0 radical (unpaired) electrons. The van der Waals surface area contributed by atoms with Gasteiger partial charge < -0.3 is 19.5 Å². The highest BCUT2D eigenvalue weighted by molar-refractivity contribution is 7.90. The van der Waals surface area contributed by atoms with Crippen molar-refractivity contribution in [2.24, 2.45) is 11.4 Å². The molecule has 12 nitrogen and oxygen atoms in total. The van der Waals surface area contributed by atoms with Crippen LogP contribution in [-0.4, -0.2) is 42.9 Å². The van der Waals surface area contributed by atoms with Crippen LogP contribution in [0.5, 0.6) is 5.75 Å². The predicted octanol–water partition coefficient (Wildman–Crippen LogP) is 3.24. The summed E-state index contributed by atoms with van der Waals surface area (Å²) in [5.41, 5.74) is 1.80. The number of sulfonamides is 1. The Morgan fingerprint density at radius 2 is 1.78 bits per heavy atom. The van der Waals surface area contributed by atoms with Crippen molar-refractivity contribution in [3.05, 3.63) is 94.6 Å². The first-order valence-corrected chi connectivity index (χ1v) is 16.0. The summed E-state index contributed by atoms with van der Waals surface area (Å²) in [6.07, 6.45) is -0.266. The molecule has 1 aromatic heterocycles. The van der Waals surface area contributed by atoms with Crippen molar-refractivity contribution >= 4 is 62.1 Å². The molecule has 0 bridgehead atoms. The topological polar surface area (TPSA) is 140 Å². The fourth-order valence-corrected chi connectivity index (χ4v) is 6.10. The highest BCUT2D eigenvalue weighted by atomic mass is 35.5. The van der Waals surface area contributed by atoms with Gasteiger partial charge in [0.15, 0.2) is 5.11 Å². The number of carbonyl (C=O) groups excluding carboxylic acids is 2. The number of ether oxygens (including phenoxy) is 1. The van der Waals surface area contributed by atoms with Crippen molar-refractivity contribution in [1.29, 1.82) is 0 Å². The van der Waals surface area contributed by atoms with E-state index in [1.807, 2.05) is 13.8 Å². The molecular weight excluding hydrogens is 640 g/mol. The summed E-state index contributed by atoms with van der Waals surface area (Å²) in [4.78, 5) is 29.9. The first kappa shape index (κ1) is 31.9. The Kier molecular flexibility index (Phi) is 9.37. The summed E-state index contributed by atoms with van der Waals surface area (Å²) in [5, 5.41) is 7.24. The van der Waals surface area contributed by atoms with E-state index in [-0.39, 0.29) is 34.2 Å². The number of thiocarbonyl (C=S) groups is 1. The average Bonchev–Trinajstić information content (AvgIpc) is 3.45. The number of benzene rings is 3. The van der Waals surface area contributed by atoms with Crippen LogP contribution < -0.4 is 30.5 Å². The summed E-state index contributed by atoms with van der Waals surface area (Å²) in [5.74, 6) is -0.272. The summed E-state index contributed by atoms with van der Waals surface area (Å²) < 4.78 is 42.2. The Morgan fingerprint density at radius 3 is 2.42 bits per heavy atom. The number of hydrogen-bond donors (Lipinski definition) is 1. The van der Waals surface area contributed by atoms with Gasteiger partial charge >= 0.3 is 0 Å². The van der Waals surface area contributed by atoms with E-state index in [1.165, 1.54) is 26.6 Å². The molecule has 2 heterocycles. The summed E-state index contributed by atoms with van der Waals surface area (Å²) >= 11 is 11.7. The molecule has 1 atom stereocenters. The molecule has 0 saturated carbocycles. The number of rotatable bonds is 10. The third-order valence-electron chi connectivity index (χ3n) is 6.96. The van der Waals surface area contributed by atoms with Crippen LogP contribution in [0.3, 0.4) is 0 Å². The Labute approximate surface area is 269 Å². The molecule has 5 rings (SSSR count). The molecule has 3 aromatic carbocycles. The van der Waals surface area contributed by atoms with Crippen molar-refractivity contribution in [1.82, 2.24) is 10.2 Å². The SMILES string of the molecule is CCOc1ccc(N2C(=O)C(CC(=O)Nc3ccc(Cl)cc3)N(Cc3/c(=N/S(=O)(=O)c4ccc(C)cc4)o[n-][n+]3C)C2=S)cc1. The monoisotopic (exact) mass is 668 g/mol. The molecule has 234 valence electrons. The molecule has 1 fully saturated rings. The number of anilines is 2. The Balaban J connectivity index is 1.49. The van der Waals surface area contributed by atoms with Crippen molar-refractivity contribution in [3.63, 3.8) is 0 Å². The van der Waals surface area contributed by atoms with Crippen molar-refractivity contribution in [3.8, 4) is 5.75 Å². The molecule has 0 spiro atoms. The van der Waals surface area contributed by atoms with Crippen LogP contribution in [-0.2, 0) is 33.2 Å². The number of aryl methyl sites for hydroxylation is 2. The van der Waals surface area contributed by atoms with Gasteiger partial charge in [-0.15, -0.1) is 4.40 Å². The van der Waals surface area contributed by atoms with Gasteiger partial charge in [0.25, 0.3) is 27.2 Å². The van der Waals surface area contributed by atoms with Gasteiger partial charge in [-0.1, -0.05) is 29.3 Å². The fraction of sp³-hybridized carbons (Fsp3) is 0.233.